The highest BCUT2D eigenvalue weighted by molar-refractivity contribution is 7.09. The van der Waals surface area contributed by atoms with E-state index >= 15 is 0 Å². The number of nitrogens with zero attached hydrogens (tertiary/aromatic N) is 2. The molecule has 0 aliphatic heterocycles. The van der Waals surface area contributed by atoms with Crippen LogP contribution in [0, 0.1) is 20.8 Å². The number of hydrogen-bond donors (Lipinski definition) is 0. The molecule has 0 bridgehead atoms. The van der Waals surface area contributed by atoms with Crippen LogP contribution in [0.4, 0.5) is 0 Å². The molecular formula is C11H14N2S. The molecule has 0 saturated heterocycles. The first kappa shape index (κ1) is 9.46. The molecule has 3 heteroatoms. The molecule has 0 atom stereocenters. The van der Waals surface area contributed by atoms with Crippen LogP contribution in [-0.2, 0) is 6.54 Å². The van der Waals surface area contributed by atoms with E-state index in [-0.39, 0.29) is 0 Å². The SMILES string of the molecule is Cc1csc(Cn2cc(C)c(C)c2)n1. The summed E-state index contributed by atoms with van der Waals surface area (Å²) in [5, 5.41) is 3.27. The summed E-state index contributed by atoms with van der Waals surface area (Å²) < 4.78 is 2.20. The first-order chi connectivity index (χ1) is 6.65. The van der Waals surface area contributed by atoms with Gasteiger partial charge in [-0.25, -0.2) is 4.98 Å². The second-order valence-electron chi connectivity index (χ2n) is 3.68. The highest BCUT2D eigenvalue weighted by Gasteiger charge is 2.01. The summed E-state index contributed by atoms with van der Waals surface area (Å²) in [6, 6.07) is 0. The van der Waals surface area contributed by atoms with E-state index in [9.17, 15) is 0 Å². The minimum Gasteiger partial charge on any atom is -0.347 e. The van der Waals surface area contributed by atoms with Gasteiger partial charge in [-0.2, -0.15) is 0 Å². The maximum absolute atomic E-state index is 4.44. The molecule has 0 saturated carbocycles. The molecule has 2 rings (SSSR count). The third-order valence-corrected chi connectivity index (χ3v) is 3.28. The van der Waals surface area contributed by atoms with Crippen LogP contribution in [-0.4, -0.2) is 9.55 Å². The Hall–Kier alpha value is -1.09. The number of rotatable bonds is 2. The molecule has 2 aromatic rings. The van der Waals surface area contributed by atoms with Crippen LogP contribution in [0.2, 0.25) is 0 Å². The van der Waals surface area contributed by atoms with E-state index in [4.69, 9.17) is 0 Å². The summed E-state index contributed by atoms with van der Waals surface area (Å²) in [5.74, 6) is 0. The molecule has 2 nitrogen and oxygen atoms in total. The van der Waals surface area contributed by atoms with Gasteiger partial charge in [-0.05, 0) is 31.9 Å². The number of aryl methyl sites for hydroxylation is 3. The van der Waals surface area contributed by atoms with Crippen LogP contribution in [0.3, 0.4) is 0 Å². The highest BCUT2D eigenvalue weighted by atomic mass is 32.1. The second-order valence-corrected chi connectivity index (χ2v) is 4.62. The lowest BCUT2D eigenvalue weighted by Crippen LogP contribution is -1.95. The van der Waals surface area contributed by atoms with Crippen LogP contribution in [0.1, 0.15) is 21.8 Å². The minimum atomic E-state index is 0.896. The van der Waals surface area contributed by atoms with Crippen LogP contribution in [0.15, 0.2) is 17.8 Å². The lowest BCUT2D eigenvalue weighted by molar-refractivity contribution is 0.793. The lowest BCUT2D eigenvalue weighted by atomic mass is 10.2. The minimum absolute atomic E-state index is 0.896. The molecule has 0 aromatic carbocycles. The molecule has 0 unspecified atom stereocenters. The van der Waals surface area contributed by atoms with E-state index in [1.54, 1.807) is 11.3 Å². The molecule has 2 heterocycles. The van der Waals surface area contributed by atoms with Gasteiger partial charge in [-0.3, -0.25) is 0 Å². The van der Waals surface area contributed by atoms with Crippen molar-refractivity contribution in [3.8, 4) is 0 Å². The second kappa shape index (κ2) is 3.58. The van der Waals surface area contributed by atoms with E-state index in [1.807, 2.05) is 6.92 Å². The molecular weight excluding hydrogens is 192 g/mol. The van der Waals surface area contributed by atoms with Crippen molar-refractivity contribution in [3.05, 3.63) is 39.6 Å². The van der Waals surface area contributed by atoms with Gasteiger partial charge in [-0.15, -0.1) is 11.3 Å². The van der Waals surface area contributed by atoms with Crippen molar-refractivity contribution in [1.29, 1.82) is 0 Å². The predicted molar refractivity (Wildman–Crippen MR) is 59.9 cm³/mol. The van der Waals surface area contributed by atoms with E-state index in [0.717, 1.165) is 12.2 Å². The number of thiazole rings is 1. The standard InChI is InChI=1S/C11H14N2S/c1-8-4-13(5-9(8)2)6-11-12-10(3)7-14-11/h4-5,7H,6H2,1-3H3. The van der Waals surface area contributed by atoms with Crippen LogP contribution >= 0.6 is 11.3 Å². The fourth-order valence-corrected chi connectivity index (χ4v) is 2.24. The smallest absolute Gasteiger partial charge is 0.113 e. The van der Waals surface area contributed by atoms with Gasteiger partial charge in [0.05, 0.1) is 6.54 Å². The average molecular weight is 206 g/mol. The Labute approximate surface area is 88.2 Å². The van der Waals surface area contributed by atoms with Crippen molar-refractivity contribution in [3.63, 3.8) is 0 Å². The highest BCUT2D eigenvalue weighted by Crippen LogP contribution is 2.13. The average Bonchev–Trinajstić information content (AvgIpc) is 2.62. The third-order valence-electron chi connectivity index (χ3n) is 2.33. The topological polar surface area (TPSA) is 17.8 Å². The first-order valence-electron chi connectivity index (χ1n) is 4.69. The Kier molecular flexibility index (Phi) is 2.42. The van der Waals surface area contributed by atoms with E-state index < -0.39 is 0 Å². The number of aromatic nitrogens is 2. The van der Waals surface area contributed by atoms with Gasteiger partial charge in [-0.1, -0.05) is 0 Å². The van der Waals surface area contributed by atoms with Crippen molar-refractivity contribution in [1.82, 2.24) is 9.55 Å². The zero-order valence-corrected chi connectivity index (χ0v) is 9.56. The first-order valence-corrected chi connectivity index (χ1v) is 5.57. The number of hydrogen-bond acceptors (Lipinski definition) is 2. The van der Waals surface area contributed by atoms with Crippen LogP contribution < -0.4 is 0 Å². The Morgan fingerprint density at radius 1 is 1.21 bits per heavy atom. The van der Waals surface area contributed by atoms with E-state index in [2.05, 4.69) is 41.2 Å². The van der Waals surface area contributed by atoms with E-state index in [1.165, 1.54) is 16.1 Å². The molecule has 0 aliphatic carbocycles. The van der Waals surface area contributed by atoms with Gasteiger partial charge in [0.15, 0.2) is 0 Å². The monoisotopic (exact) mass is 206 g/mol. The normalized spacial score (nSPS) is 10.8. The van der Waals surface area contributed by atoms with Crippen molar-refractivity contribution in [2.75, 3.05) is 0 Å². The summed E-state index contributed by atoms with van der Waals surface area (Å²) >= 11 is 1.73. The van der Waals surface area contributed by atoms with Crippen molar-refractivity contribution in [2.24, 2.45) is 0 Å². The largest absolute Gasteiger partial charge is 0.347 e. The Morgan fingerprint density at radius 2 is 1.86 bits per heavy atom. The van der Waals surface area contributed by atoms with Gasteiger partial charge >= 0.3 is 0 Å². The van der Waals surface area contributed by atoms with Gasteiger partial charge in [0.25, 0.3) is 0 Å². The fourth-order valence-electron chi connectivity index (χ4n) is 1.46. The fraction of sp³-hybridized carbons (Fsp3) is 0.364. The van der Waals surface area contributed by atoms with Gasteiger partial charge in [0.2, 0.25) is 0 Å². The van der Waals surface area contributed by atoms with Gasteiger partial charge in [0, 0.05) is 23.5 Å². The summed E-state index contributed by atoms with van der Waals surface area (Å²) in [4.78, 5) is 4.44. The van der Waals surface area contributed by atoms with Crippen molar-refractivity contribution in [2.45, 2.75) is 27.3 Å². The molecule has 0 radical (unpaired) electrons. The maximum atomic E-state index is 4.44. The van der Waals surface area contributed by atoms with Crippen molar-refractivity contribution >= 4 is 11.3 Å². The molecule has 74 valence electrons. The predicted octanol–water partition coefficient (Wildman–Crippen LogP) is 2.92. The summed E-state index contributed by atoms with van der Waals surface area (Å²) in [6.45, 7) is 7.21. The quantitative estimate of drug-likeness (QED) is 0.738. The van der Waals surface area contributed by atoms with Gasteiger partial charge < -0.3 is 4.57 Å². The van der Waals surface area contributed by atoms with Gasteiger partial charge in [0.1, 0.15) is 5.01 Å². The molecule has 2 aromatic heterocycles. The molecule has 0 fully saturated rings. The molecule has 0 spiro atoms. The Bertz CT molecular complexity index is 420. The maximum Gasteiger partial charge on any atom is 0.113 e. The summed E-state index contributed by atoms with van der Waals surface area (Å²) in [5.41, 5.74) is 3.81. The zero-order chi connectivity index (χ0) is 10.1. The zero-order valence-electron chi connectivity index (χ0n) is 8.74. The van der Waals surface area contributed by atoms with Crippen molar-refractivity contribution < 1.29 is 0 Å². The summed E-state index contributed by atoms with van der Waals surface area (Å²) in [6.07, 6.45) is 4.35. The lowest BCUT2D eigenvalue weighted by Gasteiger charge is -1.97. The Balaban J connectivity index is 2.18. The Morgan fingerprint density at radius 3 is 2.36 bits per heavy atom. The summed E-state index contributed by atoms with van der Waals surface area (Å²) in [7, 11) is 0. The molecule has 0 N–H and O–H groups in total. The van der Waals surface area contributed by atoms with Crippen LogP contribution in [0.25, 0.3) is 0 Å². The molecule has 14 heavy (non-hydrogen) atoms. The third kappa shape index (κ3) is 1.87. The van der Waals surface area contributed by atoms with Crippen LogP contribution in [0.5, 0.6) is 0 Å². The molecule has 0 amide bonds. The van der Waals surface area contributed by atoms with E-state index in [0.29, 0.717) is 0 Å². The molecule has 0 aliphatic rings.